The number of para-hydroxylation sites is 1. The lowest BCUT2D eigenvalue weighted by atomic mass is 10.2. The maximum atomic E-state index is 12.5. The number of benzene rings is 2. The number of amides is 2. The second-order valence-corrected chi connectivity index (χ2v) is 6.71. The molecule has 150 valence electrons. The summed E-state index contributed by atoms with van der Waals surface area (Å²) in [5, 5.41) is 5.48. The van der Waals surface area contributed by atoms with Gasteiger partial charge in [-0.2, -0.15) is 0 Å². The van der Waals surface area contributed by atoms with Gasteiger partial charge in [0.15, 0.2) is 0 Å². The summed E-state index contributed by atoms with van der Waals surface area (Å²) in [7, 11) is 0. The number of rotatable bonds is 6. The Balaban J connectivity index is 1.72. The van der Waals surface area contributed by atoms with Crippen LogP contribution in [0.1, 0.15) is 41.5 Å². The van der Waals surface area contributed by atoms with E-state index in [-0.39, 0.29) is 0 Å². The van der Waals surface area contributed by atoms with Gasteiger partial charge < -0.3 is 15.4 Å². The fourth-order valence-corrected chi connectivity index (χ4v) is 2.75. The summed E-state index contributed by atoms with van der Waals surface area (Å²) < 4.78 is 5.25. The first kappa shape index (κ1) is 20.3. The molecule has 0 radical (unpaired) electrons. The number of esters is 1. The number of nitrogens with one attached hydrogen (secondary N) is 2. The van der Waals surface area contributed by atoms with Gasteiger partial charge in [0.05, 0.1) is 40.3 Å². The highest BCUT2D eigenvalue weighted by Gasteiger charge is 2.14. The molecule has 29 heavy (non-hydrogen) atoms. The van der Waals surface area contributed by atoms with Gasteiger partial charge in [-0.15, -0.1) is 0 Å². The van der Waals surface area contributed by atoms with Crippen molar-refractivity contribution >= 4 is 34.4 Å². The lowest BCUT2D eigenvalue weighted by molar-refractivity contribution is 0.0501. The predicted molar refractivity (Wildman–Crippen MR) is 113 cm³/mol. The van der Waals surface area contributed by atoms with Crippen LogP contribution in [0.25, 0.3) is 11.0 Å². The van der Waals surface area contributed by atoms with Crippen molar-refractivity contribution in [3.63, 3.8) is 0 Å². The minimum Gasteiger partial charge on any atom is -0.462 e. The lowest BCUT2D eigenvalue weighted by Gasteiger charge is -2.12. The van der Waals surface area contributed by atoms with E-state index in [4.69, 9.17) is 4.74 Å². The van der Waals surface area contributed by atoms with E-state index in [1.54, 1.807) is 36.4 Å². The van der Waals surface area contributed by atoms with E-state index < -0.39 is 12.0 Å². The molecular weight excluding hydrogens is 368 g/mol. The molecule has 7 nitrogen and oxygen atoms in total. The molecule has 0 atom stereocenters. The molecule has 2 aromatic carbocycles. The Morgan fingerprint density at radius 1 is 0.966 bits per heavy atom. The molecule has 1 aromatic heterocycles. The van der Waals surface area contributed by atoms with Gasteiger partial charge in [-0.1, -0.05) is 25.5 Å². The minimum atomic E-state index is -0.463. The van der Waals surface area contributed by atoms with E-state index in [2.05, 4.69) is 20.6 Å². The van der Waals surface area contributed by atoms with Gasteiger partial charge >= 0.3 is 12.0 Å². The van der Waals surface area contributed by atoms with Gasteiger partial charge in [-0.05, 0) is 50.6 Å². The van der Waals surface area contributed by atoms with E-state index in [1.165, 1.54) is 0 Å². The largest absolute Gasteiger partial charge is 0.462 e. The van der Waals surface area contributed by atoms with E-state index in [0.29, 0.717) is 29.1 Å². The molecule has 2 amide bonds. The normalized spacial score (nSPS) is 10.6. The summed E-state index contributed by atoms with van der Waals surface area (Å²) in [5.74, 6) is -0.457. The number of nitrogens with zero attached hydrogens (tertiary/aromatic N) is 2. The molecule has 3 rings (SSSR count). The van der Waals surface area contributed by atoms with Gasteiger partial charge in [-0.25, -0.2) is 19.6 Å². The SMILES string of the molecule is CCCCOC(=O)c1ccccc1NC(=O)Nc1ccc2nc(C)c(C)nc2c1. The molecule has 2 N–H and O–H groups in total. The second-order valence-electron chi connectivity index (χ2n) is 6.71. The highest BCUT2D eigenvalue weighted by Crippen LogP contribution is 2.20. The number of urea groups is 1. The van der Waals surface area contributed by atoms with Crippen molar-refractivity contribution < 1.29 is 14.3 Å². The lowest BCUT2D eigenvalue weighted by Crippen LogP contribution is -2.21. The smallest absolute Gasteiger partial charge is 0.340 e. The second kappa shape index (κ2) is 9.14. The topological polar surface area (TPSA) is 93.2 Å². The van der Waals surface area contributed by atoms with Crippen LogP contribution in [0.4, 0.5) is 16.2 Å². The van der Waals surface area contributed by atoms with E-state index >= 15 is 0 Å². The summed E-state index contributed by atoms with van der Waals surface area (Å²) in [5.41, 5.74) is 4.46. The number of aromatic nitrogens is 2. The number of carbonyl (C=O) groups is 2. The molecule has 0 aliphatic rings. The van der Waals surface area contributed by atoms with Crippen LogP contribution in [-0.2, 0) is 4.74 Å². The van der Waals surface area contributed by atoms with Crippen molar-refractivity contribution in [1.29, 1.82) is 0 Å². The fraction of sp³-hybridized carbons (Fsp3) is 0.273. The third-order valence-electron chi connectivity index (χ3n) is 4.46. The molecule has 1 heterocycles. The maximum absolute atomic E-state index is 12.5. The zero-order chi connectivity index (χ0) is 20.8. The van der Waals surface area contributed by atoms with E-state index in [9.17, 15) is 9.59 Å². The number of aryl methyl sites for hydroxylation is 2. The number of hydrogen-bond donors (Lipinski definition) is 2. The van der Waals surface area contributed by atoms with Crippen LogP contribution in [0.15, 0.2) is 42.5 Å². The zero-order valence-electron chi connectivity index (χ0n) is 16.8. The first-order valence-electron chi connectivity index (χ1n) is 9.57. The van der Waals surface area contributed by atoms with Gasteiger partial charge in [0.2, 0.25) is 0 Å². The molecule has 0 aliphatic carbocycles. The zero-order valence-corrected chi connectivity index (χ0v) is 16.8. The number of carbonyl (C=O) groups excluding carboxylic acids is 2. The van der Waals surface area contributed by atoms with Crippen molar-refractivity contribution in [2.75, 3.05) is 17.2 Å². The summed E-state index contributed by atoms with van der Waals surface area (Å²) in [6.45, 7) is 6.18. The molecule has 3 aromatic rings. The molecule has 0 spiro atoms. The highest BCUT2D eigenvalue weighted by atomic mass is 16.5. The van der Waals surface area contributed by atoms with Gasteiger partial charge in [0.1, 0.15) is 0 Å². The Labute approximate surface area is 169 Å². The quantitative estimate of drug-likeness (QED) is 0.462. The number of unbranched alkanes of at least 4 members (excludes halogenated alkanes) is 1. The summed E-state index contributed by atoms with van der Waals surface area (Å²) in [6.07, 6.45) is 1.73. The monoisotopic (exact) mass is 392 g/mol. The molecule has 7 heteroatoms. The Morgan fingerprint density at radius 2 is 1.69 bits per heavy atom. The molecular formula is C22H24N4O3. The number of anilines is 2. The number of hydrogen-bond acceptors (Lipinski definition) is 5. The fourth-order valence-electron chi connectivity index (χ4n) is 2.75. The molecule has 0 fully saturated rings. The number of ether oxygens (including phenoxy) is 1. The molecule has 0 aliphatic heterocycles. The predicted octanol–water partition coefficient (Wildman–Crippen LogP) is 4.85. The van der Waals surface area contributed by atoms with E-state index in [0.717, 1.165) is 29.7 Å². The molecule has 0 saturated heterocycles. The van der Waals surface area contributed by atoms with Crippen molar-refractivity contribution in [2.45, 2.75) is 33.6 Å². The van der Waals surface area contributed by atoms with Crippen LogP contribution >= 0.6 is 0 Å². The van der Waals surface area contributed by atoms with Gasteiger partial charge in [0, 0.05) is 5.69 Å². The average molecular weight is 392 g/mol. The van der Waals surface area contributed by atoms with Gasteiger partial charge in [-0.3, -0.25) is 0 Å². The Morgan fingerprint density at radius 3 is 2.45 bits per heavy atom. The third-order valence-corrected chi connectivity index (χ3v) is 4.46. The minimum absolute atomic E-state index is 0.314. The molecule has 0 unspecified atom stereocenters. The van der Waals surface area contributed by atoms with Crippen LogP contribution < -0.4 is 10.6 Å². The van der Waals surface area contributed by atoms with Crippen LogP contribution in [0, 0.1) is 13.8 Å². The van der Waals surface area contributed by atoms with Crippen LogP contribution in [0.5, 0.6) is 0 Å². The Kier molecular flexibility index (Phi) is 6.39. The van der Waals surface area contributed by atoms with Crippen molar-refractivity contribution in [3.05, 3.63) is 59.4 Å². The maximum Gasteiger partial charge on any atom is 0.340 e. The van der Waals surface area contributed by atoms with Crippen LogP contribution in [0.3, 0.4) is 0 Å². The Hall–Kier alpha value is -3.48. The standard InChI is InChI=1S/C22H24N4O3/c1-4-5-12-29-21(27)17-8-6-7-9-18(17)26-22(28)25-16-10-11-19-20(13-16)24-15(3)14(2)23-19/h6-11,13H,4-5,12H2,1-3H3,(H2,25,26,28). The van der Waals surface area contributed by atoms with E-state index in [1.807, 2.05) is 26.8 Å². The van der Waals surface area contributed by atoms with Crippen molar-refractivity contribution in [2.24, 2.45) is 0 Å². The van der Waals surface area contributed by atoms with Crippen LogP contribution in [-0.4, -0.2) is 28.6 Å². The summed E-state index contributed by atoms with van der Waals surface area (Å²) >= 11 is 0. The highest BCUT2D eigenvalue weighted by molar-refractivity contribution is 6.05. The van der Waals surface area contributed by atoms with Crippen molar-refractivity contribution in [3.8, 4) is 0 Å². The Bertz CT molecular complexity index is 1050. The third kappa shape index (κ3) is 5.07. The van der Waals surface area contributed by atoms with Gasteiger partial charge in [0.25, 0.3) is 0 Å². The molecule has 0 bridgehead atoms. The number of fused-ring (bicyclic) bond motifs is 1. The summed E-state index contributed by atoms with van der Waals surface area (Å²) in [6, 6.07) is 11.6. The first-order valence-corrected chi connectivity index (χ1v) is 9.57. The first-order chi connectivity index (χ1) is 14.0. The van der Waals surface area contributed by atoms with Crippen LogP contribution in [0.2, 0.25) is 0 Å². The average Bonchev–Trinajstić information content (AvgIpc) is 2.69. The van der Waals surface area contributed by atoms with Crippen molar-refractivity contribution in [1.82, 2.24) is 9.97 Å². The summed E-state index contributed by atoms with van der Waals surface area (Å²) in [4.78, 5) is 33.7. The molecule has 0 saturated carbocycles.